The topological polar surface area (TPSA) is 54.9 Å². The third-order valence-electron chi connectivity index (χ3n) is 3.48. The van der Waals surface area contributed by atoms with E-state index in [2.05, 4.69) is 21.4 Å². The number of carbonyl (C=O) groups is 1. The first-order valence-corrected chi connectivity index (χ1v) is 8.39. The van der Waals surface area contributed by atoms with E-state index in [0.29, 0.717) is 5.56 Å². The molecule has 0 radical (unpaired) electrons. The van der Waals surface area contributed by atoms with Crippen LogP contribution in [-0.4, -0.2) is 16.3 Å². The zero-order chi connectivity index (χ0) is 16.8. The fraction of sp³-hybridized carbons (Fsp3) is 0.105. The molecule has 120 valence electrons. The number of aldehydes is 1. The summed E-state index contributed by atoms with van der Waals surface area (Å²) in [6.07, 6.45) is 5.94. The van der Waals surface area contributed by atoms with Gasteiger partial charge in [0.25, 0.3) is 0 Å². The molecule has 0 atom stereocenters. The van der Waals surface area contributed by atoms with Gasteiger partial charge < -0.3 is 5.32 Å². The average Bonchev–Trinajstić information content (AvgIpc) is 2.62. The molecule has 0 aliphatic rings. The molecule has 0 fully saturated rings. The van der Waals surface area contributed by atoms with Gasteiger partial charge >= 0.3 is 0 Å². The lowest BCUT2D eigenvalue weighted by Gasteiger charge is -2.08. The second-order valence-electron chi connectivity index (χ2n) is 5.32. The SMILES string of the molecule is Cc1cc(CNc2ccc(Sc3ccncc3C=O)cc2)ccn1. The van der Waals surface area contributed by atoms with E-state index in [1.54, 1.807) is 24.2 Å². The Kier molecular flexibility index (Phi) is 5.23. The molecule has 1 aromatic carbocycles. The van der Waals surface area contributed by atoms with Gasteiger partial charge in [-0.15, -0.1) is 0 Å². The van der Waals surface area contributed by atoms with Crippen LogP contribution >= 0.6 is 11.8 Å². The molecule has 1 N–H and O–H groups in total. The lowest BCUT2D eigenvalue weighted by atomic mass is 10.2. The van der Waals surface area contributed by atoms with Crippen LogP contribution in [0.2, 0.25) is 0 Å². The Morgan fingerprint density at radius 1 is 1.12 bits per heavy atom. The van der Waals surface area contributed by atoms with Crippen LogP contribution in [0.15, 0.2) is 70.8 Å². The number of nitrogens with zero attached hydrogens (tertiary/aromatic N) is 2. The van der Waals surface area contributed by atoms with Crippen LogP contribution in [0.3, 0.4) is 0 Å². The maximum Gasteiger partial charge on any atom is 0.152 e. The molecule has 3 rings (SSSR count). The number of hydrogen-bond acceptors (Lipinski definition) is 5. The molecule has 0 saturated heterocycles. The van der Waals surface area contributed by atoms with E-state index in [-0.39, 0.29) is 0 Å². The molecule has 0 aliphatic heterocycles. The maximum absolute atomic E-state index is 11.0. The van der Waals surface area contributed by atoms with E-state index in [1.165, 1.54) is 5.56 Å². The highest BCUT2D eigenvalue weighted by Gasteiger charge is 2.04. The number of rotatable bonds is 6. The fourth-order valence-electron chi connectivity index (χ4n) is 2.26. The summed E-state index contributed by atoms with van der Waals surface area (Å²) in [5, 5.41) is 3.40. The fourth-order valence-corrected chi connectivity index (χ4v) is 3.14. The largest absolute Gasteiger partial charge is 0.381 e. The second-order valence-corrected chi connectivity index (χ2v) is 6.43. The highest BCUT2D eigenvalue weighted by Crippen LogP contribution is 2.30. The van der Waals surface area contributed by atoms with Crippen molar-refractivity contribution in [2.75, 3.05) is 5.32 Å². The van der Waals surface area contributed by atoms with Gasteiger partial charge in [0.05, 0.1) is 0 Å². The summed E-state index contributed by atoms with van der Waals surface area (Å²) < 4.78 is 0. The van der Waals surface area contributed by atoms with Crippen molar-refractivity contribution >= 4 is 23.7 Å². The van der Waals surface area contributed by atoms with Crippen molar-refractivity contribution in [1.29, 1.82) is 0 Å². The quantitative estimate of drug-likeness (QED) is 0.678. The first kappa shape index (κ1) is 16.2. The summed E-state index contributed by atoms with van der Waals surface area (Å²) in [6, 6.07) is 14.1. The van der Waals surface area contributed by atoms with Crippen LogP contribution in [0.4, 0.5) is 5.69 Å². The summed E-state index contributed by atoms with van der Waals surface area (Å²) in [6.45, 7) is 2.75. The normalized spacial score (nSPS) is 10.4. The monoisotopic (exact) mass is 335 g/mol. The average molecular weight is 335 g/mol. The standard InChI is InChI=1S/C19H17N3OS/c1-14-10-15(6-9-21-14)11-22-17-2-4-18(5-3-17)24-19-7-8-20-12-16(19)13-23/h2-10,12-13,22H,11H2,1H3. The number of benzene rings is 1. The van der Waals surface area contributed by atoms with Crippen LogP contribution in [0.1, 0.15) is 21.6 Å². The van der Waals surface area contributed by atoms with Crippen LogP contribution in [0.25, 0.3) is 0 Å². The molecular weight excluding hydrogens is 318 g/mol. The van der Waals surface area contributed by atoms with Crippen molar-refractivity contribution in [3.05, 3.63) is 77.9 Å². The molecule has 0 saturated carbocycles. The summed E-state index contributed by atoms with van der Waals surface area (Å²) in [5.74, 6) is 0. The highest BCUT2D eigenvalue weighted by atomic mass is 32.2. The van der Waals surface area contributed by atoms with Gasteiger partial charge in [0.2, 0.25) is 0 Å². The number of aryl methyl sites for hydroxylation is 1. The number of aromatic nitrogens is 2. The molecule has 3 aromatic rings. The Morgan fingerprint density at radius 3 is 2.71 bits per heavy atom. The Balaban J connectivity index is 1.64. The number of carbonyl (C=O) groups excluding carboxylic acids is 1. The minimum absolute atomic E-state index is 0.609. The van der Waals surface area contributed by atoms with Crippen molar-refractivity contribution in [3.8, 4) is 0 Å². The Hall–Kier alpha value is -2.66. The van der Waals surface area contributed by atoms with Crippen LogP contribution in [-0.2, 0) is 6.54 Å². The van der Waals surface area contributed by atoms with Gasteiger partial charge in [0, 0.05) is 51.9 Å². The van der Waals surface area contributed by atoms with Crippen LogP contribution in [0.5, 0.6) is 0 Å². The van der Waals surface area contributed by atoms with E-state index < -0.39 is 0 Å². The predicted octanol–water partition coefficient (Wildman–Crippen LogP) is 4.36. The Labute approximate surface area is 145 Å². The zero-order valence-corrected chi connectivity index (χ0v) is 14.1. The number of pyridine rings is 2. The van der Waals surface area contributed by atoms with Crippen molar-refractivity contribution in [2.24, 2.45) is 0 Å². The van der Waals surface area contributed by atoms with Gasteiger partial charge in [-0.1, -0.05) is 11.8 Å². The van der Waals surface area contributed by atoms with Gasteiger partial charge in [-0.2, -0.15) is 0 Å². The molecule has 24 heavy (non-hydrogen) atoms. The lowest BCUT2D eigenvalue weighted by molar-refractivity contribution is 0.112. The number of hydrogen-bond donors (Lipinski definition) is 1. The maximum atomic E-state index is 11.0. The van der Waals surface area contributed by atoms with Crippen molar-refractivity contribution < 1.29 is 4.79 Å². The van der Waals surface area contributed by atoms with Gasteiger partial charge in [-0.25, -0.2) is 0 Å². The smallest absolute Gasteiger partial charge is 0.152 e. The molecule has 5 heteroatoms. The Morgan fingerprint density at radius 2 is 1.96 bits per heavy atom. The predicted molar refractivity (Wildman–Crippen MR) is 96.5 cm³/mol. The van der Waals surface area contributed by atoms with E-state index in [4.69, 9.17) is 0 Å². The number of nitrogens with one attached hydrogen (secondary N) is 1. The molecule has 4 nitrogen and oxygen atoms in total. The molecular formula is C19H17N3OS. The lowest BCUT2D eigenvalue weighted by Crippen LogP contribution is -1.99. The third kappa shape index (κ3) is 4.20. The summed E-state index contributed by atoms with van der Waals surface area (Å²) in [5.41, 5.74) is 3.88. The van der Waals surface area contributed by atoms with Gasteiger partial charge in [-0.3, -0.25) is 14.8 Å². The zero-order valence-electron chi connectivity index (χ0n) is 13.3. The first-order chi connectivity index (χ1) is 11.7. The minimum Gasteiger partial charge on any atom is -0.381 e. The summed E-state index contributed by atoms with van der Waals surface area (Å²) >= 11 is 1.56. The minimum atomic E-state index is 0.609. The van der Waals surface area contributed by atoms with Crippen molar-refractivity contribution in [1.82, 2.24) is 9.97 Å². The van der Waals surface area contributed by atoms with Crippen LogP contribution in [0, 0.1) is 6.92 Å². The first-order valence-electron chi connectivity index (χ1n) is 7.57. The molecule has 0 amide bonds. The van der Waals surface area contributed by atoms with E-state index in [0.717, 1.165) is 34.0 Å². The van der Waals surface area contributed by atoms with Crippen molar-refractivity contribution in [2.45, 2.75) is 23.3 Å². The van der Waals surface area contributed by atoms with E-state index in [1.807, 2.05) is 49.5 Å². The highest BCUT2D eigenvalue weighted by molar-refractivity contribution is 7.99. The molecule has 0 spiro atoms. The summed E-state index contributed by atoms with van der Waals surface area (Å²) in [7, 11) is 0. The van der Waals surface area contributed by atoms with E-state index in [9.17, 15) is 4.79 Å². The molecule has 0 bridgehead atoms. The van der Waals surface area contributed by atoms with Crippen LogP contribution < -0.4 is 5.32 Å². The van der Waals surface area contributed by atoms with Gasteiger partial charge in [0.15, 0.2) is 6.29 Å². The van der Waals surface area contributed by atoms with Crippen molar-refractivity contribution in [3.63, 3.8) is 0 Å². The second kappa shape index (κ2) is 7.75. The van der Waals surface area contributed by atoms with E-state index >= 15 is 0 Å². The molecule has 2 heterocycles. The number of anilines is 1. The van der Waals surface area contributed by atoms with Gasteiger partial charge in [-0.05, 0) is 55.0 Å². The molecule has 2 aromatic heterocycles. The molecule has 0 unspecified atom stereocenters. The Bertz CT molecular complexity index is 834. The van der Waals surface area contributed by atoms with Gasteiger partial charge in [0.1, 0.15) is 0 Å². The summed E-state index contributed by atoms with van der Waals surface area (Å²) in [4.78, 5) is 21.2. The third-order valence-corrected chi connectivity index (χ3v) is 4.58. The molecule has 0 aliphatic carbocycles.